The Balaban J connectivity index is 1.63. The van der Waals surface area contributed by atoms with Gasteiger partial charge in [-0.05, 0) is 48.9 Å². The first-order valence-corrected chi connectivity index (χ1v) is 12.2. The highest BCUT2D eigenvalue weighted by atomic mass is 35.5. The molecule has 0 aliphatic rings. The summed E-state index contributed by atoms with van der Waals surface area (Å²) in [5.41, 5.74) is 4.26. The van der Waals surface area contributed by atoms with Gasteiger partial charge in [0.05, 0.1) is 12.0 Å². The molecule has 0 aliphatic heterocycles. The topological polar surface area (TPSA) is 39.9 Å². The molecule has 0 amide bonds. The normalized spacial score (nSPS) is 11.1. The van der Waals surface area contributed by atoms with Crippen molar-refractivity contribution >= 4 is 34.4 Å². The van der Waals surface area contributed by atoms with Crippen LogP contribution in [0, 0.1) is 5.82 Å². The molecule has 7 heteroatoms. The number of rotatable bonds is 7. The molecule has 5 rings (SSSR count). The Hall–Kier alpha value is -3.35. The second-order valence-corrected chi connectivity index (χ2v) is 8.94. The molecule has 0 spiro atoms. The van der Waals surface area contributed by atoms with E-state index in [1.807, 2.05) is 49.4 Å². The van der Waals surface area contributed by atoms with Crippen LogP contribution in [0.1, 0.15) is 12.5 Å². The van der Waals surface area contributed by atoms with Gasteiger partial charge in [-0.25, -0.2) is 14.4 Å². The Kier molecular flexibility index (Phi) is 6.52. The van der Waals surface area contributed by atoms with Crippen LogP contribution in [0.25, 0.3) is 27.8 Å². The lowest BCUT2D eigenvalue weighted by Gasteiger charge is -2.08. The lowest BCUT2D eigenvalue weighted by atomic mass is 10.1. The molecule has 2 aromatic heterocycles. The van der Waals surface area contributed by atoms with E-state index in [-0.39, 0.29) is 5.82 Å². The van der Waals surface area contributed by atoms with Crippen molar-refractivity contribution in [3.05, 3.63) is 102 Å². The highest BCUT2D eigenvalue weighted by molar-refractivity contribution is 7.98. The molecule has 3 aromatic carbocycles. The smallest absolute Gasteiger partial charge is 0.149 e. The summed E-state index contributed by atoms with van der Waals surface area (Å²) in [5, 5.41) is 2.10. The van der Waals surface area contributed by atoms with Crippen LogP contribution in [0.2, 0.25) is 5.02 Å². The lowest BCUT2D eigenvalue weighted by molar-refractivity contribution is 0.340. The Bertz CT molecular complexity index is 1420. The third kappa shape index (κ3) is 4.39. The zero-order chi connectivity index (χ0) is 23.5. The van der Waals surface area contributed by atoms with E-state index in [2.05, 4.69) is 32.9 Å². The average molecular weight is 490 g/mol. The summed E-state index contributed by atoms with van der Waals surface area (Å²) in [7, 11) is 0. The number of halogens is 2. The second-order valence-electron chi connectivity index (χ2n) is 7.57. The van der Waals surface area contributed by atoms with Crippen LogP contribution < -0.4 is 4.74 Å². The summed E-state index contributed by atoms with van der Waals surface area (Å²) >= 11 is 7.71. The third-order valence-corrected chi connectivity index (χ3v) is 6.84. The molecule has 5 aromatic rings. The standard InChI is InChI=1S/C27H21ClFN3OS/c1-2-33-20-13-11-19(12-14-20)32-15-21(18-7-4-3-5-8-18)25-26(32)30-17-31-27(25)34-16-22-23(28)9-6-10-24(22)29/h3-15,17H,2,16H2,1H3. The van der Waals surface area contributed by atoms with E-state index in [1.54, 1.807) is 18.5 Å². The number of fused-ring (bicyclic) bond motifs is 1. The molecule has 0 saturated heterocycles. The van der Waals surface area contributed by atoms with Crippen molar-refractivity contribution in [1.82, 2.24) is 14.5 Å². The summed E-state index contributed by atoms with van der Waals surface area (Å²) in [6.07, 6.45) is 3.62. The first-order valence-electron chi connectivity index (χ1n) is 10.9. The third-order valence-electron chi connectivity index (χ3n) is 5.47. The van der Waals surface area contributed by atoms with Gasteiger partial charge >= 0.3 is 0 Å². The van der Waals surface area contributed by atoms with Crippen molar-refractivity contribution in [3.8, 4) is 22.6 Å². The van der Waals surface area contributed by atoms with Crippen molar-refractivity contribution in [2.75, 3.05) is 6.61 Å². The Morgan fingerprint density at radius 2 is 1.76 bits per heavy atom. The lowest BCUT2D eigenvalue weighted by Crippen LogP contribution is -1.96. The van der Waals surface area contributed by atoms with Crippen LogP contribution in [-0.2, 0) is 5.75 Å². The van der Waals surface area contributed by atoms with E-state index in [0.29, 0.717) is 22.9 Å². The van der Waals surface area contributed by atoms with Gasteiger partial charge in [0.2, 0.25) is 0 Å². The number of nitrogens with zero attached hydrogens (tertiary/aromatic N) is 3. The maximum atomic E-state index is 14.4. The molecule has 0 N–H and O–H groups in total. The van der Waals surface area contributed by atoms with Crippen molar-refractivity contribution in [3.63, 3.8) is 0 Å². The first kappa shape index (κ1) is 22.4. The minimum Gasteiger partial charge on any atom is -0.494 e. The summed E-state index contributed by atoms with van der Waals surface area (Å²) in [6.45, 7) is 2.58. The molecule has 0 fully saturated rings. The Morgan fingerprint density at radius 3 is 2.50 bits per heavy atom. The van der Waals surface area contributed by atoms with Crippen LogP contribution in [0.3, 0.4) is 0 Å². The molecule has 2 heterocycles. The molecule has 0 saturated carbocycles. The van der Waals surface area contributed by atoms with Gasteiger partial charge in [0.25, 0.3) is 0 Å². The van der Waals surface area contributed by atoms with E-state index < -0.39 is 0 Å². The van der Waals surface area contributed by atoms with Crippen molar-refractivity contribution in [2.24, 2.45) is 0 Å². The number of ether oxygens (including phenoxy) is 1. The number of hydrogen-bond acceptors (Lipinski definition) is 4. The van der Waals surface area contributed by atoms with Crippen LogP contribution in [0.4, 0.5) is 4.39 Å². The van der Waals surface area contributed by atoms with E-state index in [4.69, 9.17) is 16.3 Å². The quantitative estimate of drug-likeness (QED) is 0.174. The monoisotopic (exact) mass is 489 g/mol. The number of hydrogen-bond donors (Lipinski definition) is 0. The van der Waals surface area contributed by atoms with Gasteiger partial charge in [-0.1, -0.05) is 48.0 Å². The molecule has 0 aliphatic carbocycles. The Labute approximate surface area is 206 Å². The SMILES string of the molecule is CCOc1ccc(-n2cc(-c3ccccc3)c3c(SCc4c(F)cccc4Cl)ncnc32)cc1. The van der Waals surface area contributed by atoms with Crippen molar-refractivity contribution in [1.29, 1.82) is 0 Å². The molecule has 34 heavy (non-hydrogen) atoms. The van der Waals surface area contributed by atoms with Crippen LogP contribution in [0.15, 0.2) is 90.3 Å². The summed E-state index contributed by atoms with van der Waals surface area (Å²) in [6, 6.07) is 22.8. The van der Waals surface area contributed by atoms with Gasteiger partial charge < -0.3 is 9.30 Å². The predicted octanol–water partition coefficient (Wildman–Crippen LogP) is 7.57. The number of thioether (sulfide) groups is 1. The van der Waals surface area contributed by atoms with E-state index in [0.717, 1.165) is 38.6 Å². The summed E-state index contributed by atoms with van der Waals surface area (Å²) in [4.78, 5) is 9.19. The van der Waals surface area contributed by atoms with Gasteiger partial charge in [0, 0.05) is 33.8 Å². The van der Waals surface area contributed by atoms with E-state index in [1.165, 1.54) is 17.8 Å². The van der Waals surface area contributed by atoms with Crippen LogP contribution in [-0.4, -0.2) is 21.1 Å². The van der Waals surface area contributed by atoms with E-state index >= 15 is 0 Å². The largest absolute Gasteiger partial charge is 0.494 e. The highest BCUT2D eigenvalue weighted by Crippen LogP contribution is 2.38. The fourth-order valence-corrected chi connectivity index (χ4v) is 5.21. The molecular weight excluding hydrogens is 469 g/mol. The first-order chi connectivity index (χ1) is 16.7. The maximum absolute atomic E-state index is 14.4. The molecule has 0 radical (unpaired) electrons. The van der Waals surface area contributed by atoms with Crippen LogP contribution in [0.5, 0.6) is 5.75 Å². The van der Waals surface area contributed by atoms with Crippen molar-refractivity contribution < 1.29 is 9.13 Å². The average Bonchev–Trinajstić information content (AvgIpc) is 3.25. The maximum Gasteiger partial charge on any atom is 0.149 e. The van der Waals surface area contributed by atoms with Gasteiger partial charge in [-0.3, -0.25) is 0 Å². The molecule has 0 atom stereocenters. The summed E-state index contributed by atoms with van der Waals surface area (Å²) in [5.74, 6) is 0.860. The zero-order valence-electron chi connectivity index (χ0n) is 18.4. The molecule has 4 nitrogen and oxygen atoms in total. The number of aromatic nitrogens is 3. The fourth-order valence-electron chi connectivity index (χ4n) is 3.86. The van der Waals surface area contributed by atoms with Gasteiger partial charge in [0.15, 0.2) is 0 Å². The number of benzene rings is 3. The van der Waals surface area contributed by atoms with E-state index in [9.17, 15) is 4.39 Å². The molecule has 170 valence electrons. The second kappa shape index (κ2) is 9.87. The molecular formula is C27H21ClFN3OS. The predicted molar refractivity (Wildman–Crippen MR) is 136 cm³/mol. The summed E-state index contributed by atoms with van der Waals surface area (Å²) < 4.78 is 22.0. The Morgan fingerprint density at radius 1 is 0.971 bits per heavy atom. The van der Waals surface area contributed by atoms with Gasteiger partial charge in [-0.2, -0.15) is 0 Å². The highest BCUT2D eigenvalue weighted by Gasteiger charge is 2.18. The van der Waals surface area contributed by atoms with Crippen molar-refractivity contribution in [2.45, 2.75) is 17.7 Å². The minimum atomic E-state index is -0.319. The fraction of sp³-hybridized carbons (Fsp3) is 0.111. The molecule has 0 unspecified atom stereocenters. The molecule has 0 bridgehead atoms. The van der Waals surface area contributed by atoms with Gasteiger partial charge in [0.1, 0.15) is 28.6 Å². The minimum absolute atomic E-state index is 0.319. The zero-order valence-corrected chi connectivity index (χ0v) is 20.0. The van der Waals surface area contributed by atoms with Gasteiger partial charge in [-0.15, -0.1) is 11.8 Å². The van der Waals surface area contributed by atoms with Crippen LogP contribution >= 0.6 is 23.4 Å².